The van der Waals surface area contributed by atoms with Crippen molar-refractivity contribution in [2.75, 3.05) is 11.8 Å². The summed E-state index contributed by atoms with van der Waals surface area (Å²) in [7, 11) is -2.77. The molecule has 27 heavy (non-hydrogen) atoms. The number of hydrogen-bond acceptors (Lipinski definition) is 5. The summed E-state index contributed by atoms with van der Waals surface area (Å²) in [5, 5.41) is 4.56. The van der Waals surface area contributed by atoms with Crippen molar-refractivity contribution in [3.8, 4) is 0 Å². The smallest absolute Gasteiger partial charge is 0.279 e. The highest BCUT2D eigenvalue weighted by molar-refractivity contribution is 7.94. The Hall–Kier alpha value is -2.07. The Morgan fingerprint density at radius 3 is 2.44 bits per heavy atom. The SMILES string of the molecule is Cc1ccc(NS(=O)(=O)c2ccc(C3(C(F)(F)F)CC=NN3C)s2)cc1C. The van der Waals surface area contributed by atoms with E-state index in [1.807, 2.05) is 13.8 Å². The third kappa shape index (κ3) is 3.31. The largest absolute Gasteiger partial charge is 0.418 e. The average Bonchev–Trinajstić information content (AvgIpc) is 3.17. The number of sulfonamides is 1. The molecule has 1 aromatic carbocycles. The second kappa shape index (κ2) is 6.52. The fourth-order valence-electron chi connectivity index (χ4n) is 2.92. The molecule has 10 heteroatoms. The summed E-state index contributed by atoms with van der Waals surface area (Å²) < 4.78 is 68.9. The van der Waals surface area contributed by atoms with Gasteiger partial charge in [-0.25, -0.2) is 8.42 Å². The van der Waals surface area contributed by atoms with Crippen molar-refractivity contribution in [3.63, 3.8) is 0 Å². The lowest BCUT2D eigenvalue weighted by molar-refractivity contribution is -0.226. The van der Waals surface area contributed by atoms with Crippen LogP contribution in [0.15, 0.2) is 39.6 Å². The van der Waals surface area contributed by atoms with Gasteiger partial charge in [-0.1, -0.05) is 6.07 Å². The number of nitrogens with zero attached hydrogens (tertiary/aromatic N) is 2. The number of rotatable bonds is 4. The predicted molar refractivity (Wildman–Crippen MR) is 99.6 cm³/mol. The van der Waals surface area contributed by atoms with E-state index in [1.165, 1.54) is 25.4 Å². The average molecular weight is 417 g/mol. The number of anilines is 1. The van der Waals surface area contributed by atoms with E-state index >= 15 is 0 Å². The van der Waals surface area contributed by atoms with Crippen LogP contribution in [-0.4, -0.2) is 32.9 Å². The van der Waals surface area contributed by atoms with Gasteiger partial charge in [0, 0.05) is 30.2 Å². The van der Waals surface area contributed by atoms with Crippen LogP contribution in [0.4, 0.5) is 18.9 Å². The molecule has 0 amide bonds. The number of thiophene rings is 1. The molecule has 0 saturated heterocycles. The Labute approximate surface area is 159 Å². The molecule has 3 rings (SSSR count). The van der Waals surface area contributed by atoms with E-state index in [9.17, 15) is 21.6 Å². The molecule has 1 aromatic heterocycles. The number of hydrogen-bond donors (Lipinski definition) is 1. The third-order valence-electron chi connectivity index (χ3n) is 4.68. The molecule has 1 unspecified atom stereocenters. The van der Waals surface area contributed by atoms with Gasteiger partial charge in [0.05, 0.1) is 0 Å². The molecule has 0 saturated carbocycles. The molecule has 1 aliphatic heterocycles. The molecule has 0 fully saturated rings. The Bertz CT molecular complexity index is 999. The predicted octanol–water partition coefficient (Wildman–Crippen LogP) is 4.24. The van der Waals surface area contributed by atoms with Crippen molar-refractivity contribution < 1.29 is 21.6 Å². The minimum absolute atomic E-state index is 0.115. The van der Waals surface area contributed by atoms with Crippen LogP contribution in [0.25, 0.3) is 0 Å². The minimum Gasteiger partial charge on any atom is -0.279 e. The zero-order chi connectivity index (χ0) is 20.0. The van der Waals surface area contributed by atoms with E-state index in [0.29, 0.717) is 17.0 Å². The van der Waals surface area contributed by atoms with Crippen LogP contribution in [0.2, 0.25) is 0 Å². The second-order valence-electron chi connectivity index (χ2n) is 6.41. The van der Waals surface area contributed by atoms with Crippen LogP contribution in [0.5, 0.6) is 0 Å². The van der Waals surface area contributed by atoms with Gasteiger partial charge >= 0.3 is 6.18 Å². The van der Waals surface area contributed by atoms with Crippen LogP contribution < -0.4 is 4.72 Å². The molecule has 2 aromatic rings. The highest BCUT2D eigenvalue weighted by Gasteiger charge is 2.61. The first kappa shape index (κ1) is 19.7. The van der Waals surface area contributed by atoms with E-state index in [-0.39, 0.29) is 15.5 Å². The lowest BCUT2D eigenvalue weighted by Gasteiger charge is -2.36. The molecular weight excluding hydrogens is 399 g/mol. The minimum atomic E-state index is -4.61. The van der Waals surface area contributed by atoms with Crippen molar-refractivity contribution >= 4 is 33.3 Å². The van der Waals surface area contributed by atoms with Crippen molar-refractivity contribution in [2.45, 2.75) is 36.2 Å². The van der Waals surface area contributed by atoms with E-state index in [0.717, 1.165) is 16.1 Å². The van der Waals surface area contributed by atoms with Crippen LogP contribution >= 0.6 is 11.3 Å². The fraction of sp³-hybridized carbons (Fsp3) is 0.353. The van der Waals surface area contributed by atoms with Crippen molar-refractivity contribution in [2.24, 2.45) is 5.10 Å². The first-order chi connectivity index (χ1) is 12.5. The summed E-state index contributed by atoms with van der Waals surface area (Å²) in [5.41, 5.74) is -0.0678. The summed E-state index contributed by atoms with van der Waals surface area (Å²) in [6.45, 7) is 3.75. The maximum Gasteiger partial charge on any atom is 0.418 e. The van der Waals surface area contributed by atoms with Gasteiger partial charge in [0.2, 0.25) is 0 Å². The molecule has 0 radical (unpaired) electrons. The summed E-state index contributed by atoms with van der Waals surface area (Å²) in [4.78, 5) is -0.115. The van der Waals surface area contributed by atoms with Crippen LogP contribution in [0.3, 0.4) is 0 Å². The molecule has 1 aliphatic rings. The van der Waals surface area contributed by atoms with E-state index in [1.54, 1.807) is 18.2 Å². The van der Waals surface area contributed by atoms with Crippen molar-refractivity contribution in [3.05, 3.63) is 46.3 Å². The lowest BCUT2D eigenvalue weighted by Crippen LogP contribution is -2.49. The Kier molecular flexibility index (Phi) is 4.75. The number of hydrazone groups is 1. The van der Waals surface area contributed by atoms with E-state index < -0.39 is 21.7 Å². The Morgan fingerprint density at radius 2 is 1.89 bits per heavy atom. The van der Waals surface area contributed by atoms with Gasteiger partial charge in [-0.15, -0.1) is 11.3 Å². The Morgan fingerprint density at radius 1 is 1.19 bits per heavy atom. The molecule has 1 N–H and O–H groups in total. The van der Waals surface area contributed by atoms with Crippen LogP contribution in [0, 0.1) is 13.8 Å². The quantitative estimate of drug-likeness (QED) is 0.809. The molecule has 0 bridgehead atoms. The lowest BCUT2D eigenvalue weighted by atomic mass is 9.93. The standard InChI is InChI=1S/C17H18F3N3O2S2/c1-11-4-5-13(10-12(11)2)22-27(24,25)15-7-6-14(26-15)16(17(18,19)20)8-9-21-23(16)3/h4-7,9-10,22H,8H2,1-3H3. The highest BCUT2D eigenvalue weighted by Crippen LogP contribution is 2.50. The van der Waals surface area contributed by atoms with Crippen LogP contribution in [-0.2, 0) is 15.6 Å². The summed E-state index contributed by atoms with van der Waals surface area (Å²) in [6, 6.07) is 7.47. The van der Waals surface area contributed by atoms with Gasteiger partial charge < -0.3 is 0 Å². The highest BCUT2D eigenvalue weighted by atomic mass is 32.2. The number of alkyl halides is 3. The monoisotopic (exact) mass is 417 g/mol. The van der Waals surface area contributed by atoms with Gasteiger partial charge in [-0.05, 0) is 49.2 Å². The first-order valence-electron chi connectivity index (χ1n) is 8.01. The molecule has 5 nitrogen and oxygen atoms in total. The van der Waals surface area contributed by atoms with Gasteiger partial charge in [0.25, 0.3) is 10.0 Å². The van der Waals surface area contributed by atoms with Crippen LogP contribution in [0.1, 0.15) is 22.4 Å². The molecular formula is C17H18F3N3O2S2. The number of benzene rings is 1. The molecule has 0 aliphatic carbocycles. The molecule has 146 valence electrons. The van der Waals surface area contributed by atoms with Gasteiger partial charge in [0.1, 0.15) is 4.21 Å². The number of halogens is 3. The van der Waals surface area contributed by atoms with Crippen molar-refractivity contribution in [1.29, 1.82) is 0 Å². The topological polar surface area (TPSA) is 61.8 Å². The maximum absolute atomic E-state index is 13.8. The number of aryl methyl sites for hydroxylation is 2. The van der Waals surface area contributed by atoms with E-state index in [2.05, 4.69) is 9.82 Å². The third-order valence-corrected chi connectivity index (χ3v) is 7.79. The molecule has 1 atom stereocenters. The van der Waals surface area contributed by atoms with E-state index in [4.69, 9.17) is 0 Å². The first-order valence-corrected chi connectivity index (χ1v) is 10.3. The number of nitrogens with one attached hydrogen (secondary N) is 1. The normalized spacial score (nSPS) is 20.3. The summed E-state index contributed by atoms with van der Waals surface area (Å²) in [5.74, 6) is 0. The van der Waals surface area contributed by atoms with Gasteiger partial charge in [0.15, 0.2) is 5.54 Å². The van der Waals surface area contributed by atoms with Crippen molar-refractivity contribution in [1.82, 2.24) is 5.01 Å². The van der Waals surface area contributed by atoms with Gasteiger partial charge in [-0.3, -0.25) is 9.73 Å². The summed E-state index contributed by atoms with van der Waals surface area (Å²) in [6.07, 6.45) is -3.78. The molecule has 0 spiro atoms. The Balaban J connectivity index is 1.95. The fourth-order valence-corrected chi connectivity index (χ4v) is 5.53. The second-order valence-corrected chi connectivity index (χ2v) is 9.40. The zero-order valence-corrected chi connectivity index (χ0v) is 16.5. The molecule has 2 heterocycles. The zero-order valence-electron chi connectivity index (χ0n) is 14.8. The van der Waals surface area contributed by atoms with Gasteiger partial charge in [-0.2, -0.15) is 18.3 Å². The maximum atomic E-state index is 13.8. The summed E-state index contributed by atoms with van der Waals surface area (Å²) >= 11 is 0.601.